The van der Waals surface area contributed by atoms with Crippen LogP contribution in [0.25, 0.3) is 0 Å². The van der Waals surface area contributed by atoms with E-state index < -0.39 is 8.07 Å². The summed E-state index contributed by atoms with van der Waals surface area (Å²) in [5.41, 5.74) is 3.09. The van der Waals surface area contributed by atoms with E-state index in [0.29, 0.717) is 17.6 Å². The van der Waals surface area contributed by atoms with Crippen LogP contribution in [0.1, 0.15) is 44.7 Å². The number of aryl methyl sites for hydroxylation is 1. The Hall–Kier alpha value is -1.67. The molecule has 0 unspecified atom stereocenters. The lowest BCUT2D eigenvalue weighted by Gasteiger charge is -2.34. The molecule has 0 aliphatic heterocycles. The van der Waals surface area contributed by atoms with Crippen molar-refractivity contribution in [2.75, 3.05) is 0 Å². The van der Waals surface area contributed by atoms with Gasteiger partial charge in [-0.1, -0.05) is 107 Å². The van der Waals surface area contributed by atoms with Crippen molar-refractivity contribution in [1.82, 2.24) is 0 Å². The first-order chi connectivity index (χ1) is 12.7. The Labute approximate surface area is 167 Å². The minimum Gasteiger partial charge on any atom is -0.300 e. The molecule has 0 aliphatic rings. The van der Waals surface area contributed by atoms with Crippen molar-refractivity contribution in [2.45, 2.75) is 71.1 Å². The zero-order chi connectivity index (χ0) is 19.9. The summed E-state index contributed by atoms with van der Waals surface area (Å²) < 4.78 is 0. The van der Waals surface area contributed by atoms with Crippen molar-refractivity contribution >= 4 is 13.9 Å². The molecule has 2 rings (SSSR count). The van der Waals surface area contributed by atoms with E-state index in [1.165, 1.54) is 23.6 Å². The summed E-state index contributed by atoms with van der Waals surface area (Å²) in [6.07, 6.45) is 3.61. The van der Waals surface area contributed by atoms with Crippen LogP contribution in [0.3, 0.4) is 0 Å². The maximum absolute atomic E-state index is 13.3. The van der Waals surface area contributed by atoms with Crippen LogP contribution >= 0.6 is 0 Å². The molecule has 0 heterocycles. The van der Waals surface area contributed by atoms with Crippen LogP contribution in [0.5, 0.6) is 0 Å². The summed E-state index contributed by atoms with van der Waals surface area (Å²) in [6, 6.07) is 22.2. The van der Waals surface area contributed by atoms with Crippen molar-refractivity contribution in [3.63, 3.8) is 0 Å². The van der Waals surface area contributed by atoms with Crippen LogP contribution in [0.15, 0.2) is 60.7 Å². The minimum atomic E-state index is -1.68. The highest BCUT2D eigenvalue weighted by Gasteiger charge is 2.37. The van der Waals surface area contributed by atoms with Gasteiger partial charge in [0.2, 0.25) is 0 Å². The second-order valence-electron chi connectivity index (χ2n) is 9.74. The molecule has 0 amide bonds. The first kappa shape index (κ1) is 21.6. The first-order valence-corrected chi connectivity index (χ1v) is 13.6. The molecule has 0 radical (unpaired) electrons. The second kappa shape index (κ2) is 9.50. The molecular weight excluding hydrogens is 344 g/mol. The van der Waals surface area contributed by atoms with Crippen molar-refractivity contribution < 1.29 is 4.79 Å². The highest BCUT2D eigenvalue weighted by Crippen LogP contribution is 2.36. The zero-order valence-electron chi connectivity index (χ0n) is 17.8. The number of Topliss-reactive ketones (excluding diaryl/α,β-unsaturated/α-hetero) is 1. The quantitative estimate of drug-likeness (QED) is 0.430. The number of ketones is 1. The van der Waals surface area contributed by atoms with Crippen LogP contribution in [-0.2, 0) is 17.6 Å². The molecule has 2 heteroatoms. The van der Waals surface area contributed by atoms with Crippen LogP contribution in [-0.4, -0.2) is 13.9 Å². The largest absolute Gasteiger partial charge is 0.300 e. The molecule has 1 nitrogen and oxygen atoms in total. The number of hydrogen-bond donors (Lipinski definition) is 0. The Morgan fingerprint density at radius 3 is 1.93 bits per heavy atom. The molecule has 2 aromatic carbocycles. The molecule has 0 aromatic heterocycles. The maximum Gasteiger partial charge on any atom is 0.133 e. The number of carbonyl (C=O) groups is 1. The Bertz CT molecular complexity index is 698. The van der Waals surface area contributed by atoms with Crippen molar-refractivity contribution in [1.29, 1.82) is 0 Å². The average molecular weight is 381 g/mol. The van der Waals surface area contributed by atoms with Crippen molar-refractivity contribution in [2.24, 2.45) is 5.41 Å². The molecule has 0 spiro atoms. The highest BCUT2D eigenvalue weighted by molar-refractivity contribution is 6.81. The van der Waals surface area contributed by atoms with E-state index in [4.69, 9.17) is 0 Å². The zero-order valence-corrected chi connectivity index (χ0v) is 18.8. The molecule has 1 atom stereocenters. The third-order valence-electron chi connectivity index (χ3n) is 5.64. The highest BCUT2D eigenvalue weighted by atomic mass is 28.3. The predicted molar refractivity (Wildman–Crippen MR) is 120 cm³/mol. The van der Waals surface area contributed by atoms with Gasteiger partial charge in [0.25, 0.3) is 0 Å². The van der Waals surface area contributed by atoms with Gasteiger partial charge in [-0.2, -0.15) is 0 Å². The van der Waals surface area contributed by atoms with E-state index in [1.807, 2.05) is 6.07 Å². The predicted octanol–water partition coefficient (Wildman–Crippen LogP) is 6.95. The van der Waals surface area contributed by atoms with Gasteiger partial charge in [0, 0.05) is 12.0 Å². The van der Waals surface area contributed by atoms with E-state index in [9.17, 15) is 4.79 Å². The van der Waals surface area contributed by atoms with Gasteiger partial charge in [-0.25, -0.2) is 0 Å². The van der Waals surface area contributed by atoms with Gasteiger partial charge in [0.15, 0.2) is 0 Å². The molecule has 0 fully saturated rings. The fourth-order valence-corrected chi connectivity index (χ4v) is 7.18. The van der Waals surface area contributed by atoms with Crippen LogP contribution in [0.2, 0.25) is 24.7 Å². The Morgan fingerprint density at radius 1 is 0.889 bits per heavy atom. The van der Waals surface area contributed by atoms with Gasteiger partial charge in [0.1, 0.15) is 5.78 Å². The minimum absolute atomic E-state index is 0.200. The van der Waals surface area contributed by atoms with Gasteiger partial charge in [-0.05, 0) is 29.4 Å². The summed E-state index contributed by atoms with van der Waals surface area (Å²) in [5.74, 6) is 0.466. The summed E-state index contributed by atoms with van der Waals surface area (Å²) in [6.45, 7) is 11.8. The average Bonchev–Trinajstić information content (AvgIpc) is 2.64. The summed E-state index contributed by atoms with van der Waals surface area (Å²) in [7, 11) is -1.68. The Balaban J connectivity index is 2.13. The number of rotatable bonds is 9. The lowest BCUT2D eigenvalue weighted by molar-refractivity contribution is -0.119. The topological polar surface area (TPSA) is 17.1 Å². The fraction of sp³-hybridized carbons (Fsp3) is 0.480. The number of hydrogen-bond acceptors (Lipinski definition) is 1. The van der Waals surface area contributed by atoms with E-state index in [2.05, 4.69) is 88.5 Å². The number of carbonyl (C=O) groups excluding carboxylic acids is 1. The standard InChI is InChI=1S/C25H36OSi/c1-25(2,3)18-19-27(4,5)24(20-22-14-10-7-11-15-22)23(26)17-16-21-12-8-6-9-13-21/h6-15,24H,16-20H2,1-5H3/t24-/m0/s1. The summed E-state index contributed by atoms with van der Waals surface area (Å²) >= 11 is 0. The molecule has 0 N–H and O–H groups in total. The second-order valence-corrected chi connectivity index (χ2v) is 14.9. The normalized spacial score (nSPS) is 13.4. The fourth-order valence-electron chi connectivity index (χ4n) is 3.63. The lowest BCUT2D eigenvalue weighted by atomic mass is 9.94. The molecule has 0 saturated heterocycles. The Morgan fingerprint density at radius 2 is 1.41 bits per heavy atom. The summed E-state index contributed by atoms with van der Waals surface area (Å²) in [4.78, 5) is 13.3. The molecule has 27 heavy (non-hydrogen) atoms. The SMILES string of the molecule is CC(C)(C)CC[Si](C)(C)[C@@H](Cc1ccccc1)C(=O)CCc1ccccc1. The molecule has 0 aliphatic carbocycles. The third-order valence-corrected chi connectivity index (χ3v) is 9.59. The van der Waals surface area contributed by atoms with Gasteiger partial charge in [-0.15, -0.1) is 0 Å². The van der Waals surface area contributed by atoms with E-state index >= 15 is 0 Å². The van der Waals surface area contributed by atoms with E-state index in [0.717, 1.165) is 12.8 Å². The molecule has 146 valence electrons. The van der Waals surface area contributed by atoms with Crippen molar-refractivity contribution in [3.8, 4) is 0 Å². The maximum atomic E-state index is 13.3. The smallest absolute Gasteiger partial charge is 0.133 e. The third kappa shape index (κ3) is 7.46. The van der Waals surface area contributed by atoms with Crippen LogP contribution < -0.4 is 0 Å². The molecular formula is C25H36OSi. The van der Waals surface area contributed by atoms with Gasteiger partial charge in [0.05, 0.1) is 8.07 Å². The molecule has 0 bridgehead atoms. The molecule has 0 saturated carbocycles. The van der Waals surface area contributed by atoms with Gasteiger partial charge >= 0.3 is 0 Å². The van der Waals surface area contributed by atoms with Crippen molar-refractivity contribution in [3.05, 3.63) is 71.8 Å². The number of benzene rings is 2. The van der Waals surface area contributed by atoms with E-state index in [-0.39, 0.29) is 5.54 Å². The van der Waals surface area contributed by atoms with Crippen LogP contribution in [0.4, 0.5) is 0 Å². The van der Waals surface area contributed by atoms with E-state index in [1.54, 1.807) is 0 Å². The first-order valence-electron chi connectivity index (χ1n) is 10.3. The monoisotopic (exact) mass is 380 g/mol. The molecule has 2 aromatic rings. The van der Waals surface area contributed by atoms with Gasteiger partial charge in [-0.3, -0.25) is 4.79 Å². The van der Waals surface area contributed by atoms with Gasteiger partial charge < -0.3 is 0 Å². The lowest BCUT2D eigenvalue weighted by Crippen LogP contribution is -2.39. The summed E-state index contributed by atoms with van der Waals surface area (Å²) in [5, 5.41) is 0. The van der Waals surface area contributed by atoms with Crippen LogP contribution in [0, 0.1) is 5.41 Å². The Kier molecular flexibility index (Phi) is 7.61.